The van der Waals surface area contributed by atoms with Gasteiger partial charge < -0.3 is 21.3 Å². The highest BCUT2D eigenvalue weighted by atomic mass is 32.2. The van der Waals surface area contributed by atoms with Crippen LogP contribution in [0.5, 0.6) is 0 Å². The van der Waals surface area contributed by atoms with E-state index in [2.05, 4.69) is 30.7 Å². The van der Waals surface area contributed by atoms with Crippen LogP contribution in [-0.4, -0.2) is 60.1 Å². The molecule has 0 heterocycles. The Hall–Kier alpha value is -3.85. The first-order valence-corrected chi connectivity index (χ1v) is 18.8. The highest BCUT2D eigenvalue weighted by Gasteiger charge is 2.22. The standard InChI is InChI=1S/C31H44N6O7S2/c38-29(32-21-19-23-11-15-27(16-12-23)45(41,42)36-30(39)34-25-7-3-1-4-8-25)33-22-20-24-13-17-28(18-14-24)46(43,44)37-31(40)35-26-9-5-2-6-10-26/h11-18,25-26H,1-10,19-22H2,(H2,32,33,38)(H2,34,36,39)(H2,35,37,40). The van der Waals surface area contributed by atoms with E-state index in [-0.39, 0.29) is 27.9 Å². The second kappa shape index (κ2) is 16.6. The van der Waals surface area contributed by atoms with E-state index in [1.165, 1.54) is 24.3 Å². The molecule has 46 heavy (non-hydrogen) atoms. The molecule has 6 N–H and O–H groups in total. The predicted octanol–water partition coefficient (Wildman–Crippen LogP) is 3.41. The zero-order chi connectivity index (χ0) is 33.0. The van der Waals surface area contributed by atoms with Gasteiger partial charge in [0.25, 0.3) is 20.0 Å². The Morgan fingerprint density at radius 3 is 1.22 bits per heavy atom. The fourth-order valence-corrected chi connectivity index (χ4v) is 7.49. The highest BCUT2D eigenvalue weighted by molar-refractivity contribution is 7.90. The number of carbonyl (C=O) groups excluding carboxylic acids is 3. The molecular formula is C31H44N6O7S2. The minimum absolute atomic E-state index is 0.0105. The molecule has 0 atom stereocenters. The van der Waals surface area contributed by atoms with Gasteiger partial charge in [0.2, 0.25) is 0 Å². The van der Waals surface area contributed by atoms with Gasteiger partial charge in [-0.25, -0.2) is 40.7 Å². The average Bonchev–Trinajstić information content (AvgIpc) is 3.02. The Morgan fingerprint density at radius 2 is 0.870 bits per heavy atom. The smallest absolute Gasteiger partial charge is 0.328 e. The van der Waals surface area contributed by atoms with Gasteiger partial charge in [0, 0.05) is 25.2 Å². The minimum atomic E-state index is -4.00. The zero-order valence-electron chi connectivity index (χ0n) is 25.8. The summed E-state index contributed by atoms with van der Waals surface area (Å²) in [6, 6.07) is 10.4. The predicted molar refractivity (Wildman–Crippen MR) is 173 cm³/mol. The Balaban J connectivity index is 1.12. The summed E-state index contributed by atoms with van der Waals surface area (Å²) >= 11 is 0. The van der Waals surface area contributed by atoms with Crippen molar-refractivity contribution in [3.05, 3.63) is 59.7 Å². The first-order valence-electron chi connectivity index (χ1n) is 15.9. The summed E-state index contributed by atoms with van der Waals surface area (Å²) in [5.74, 6) is 0. The van der Waals surface area contributed by atoms with Gasteiger partial charge in [-0.15, -0.1) is 0 Å². The molecule has 0 unspecified atom stereocenters. The number of sulfonamides is 2. The zero-order valence-corrected chi connectivity index (χ0v) is 27.5. The molecule has 2 saturated carbocycles. The maximum Gasteiger partial charge on any atom is 0.328 e. The van der Waals surface area contributed by atoms with Gasteiger partial charge in [0.1, 0.15) is 0 Å². The molecule has 0 aliphatic heterocycles. The van der Waals surface area contributed by atoms with E-state index in [9.17, 15) is 31.2 Å². The van der Waals surface area contributed by atoms with Crippen molar-refractivity contribution in [2.24, 2.45) is 0 Å². The molecule has 2 aromatic rings. The molecule has 2 fully saturated rings. The molecule has 15 heteroatoms. The van der Waals surface area contributed by atoms with E-state index in [0.717, 1.165) is 75.3 Å². The number of benzene rings is 2. The summed E-state index contributed by atoms with van der Waals surface area (Å²) in [5, 5.41) is 10.9. The molecule has 2 aliphatic carbocycles. The van der Waals surface area contributed by atoms with Crippen LogP contribution in [-0.2, 0) is 32.9 Å². The van der Waals surface area contributed by atoms with Crippen molar-refractivity contribution in [3.8, 4) is 0 Å². The highest BCUT2D eigenvalue weighted by Crippen LogP contribution is 2.19. The fourth-order valence-electron chi connectivity index (χ4n) is 5.66. The molecule has 2 aromatic carbocycles. The summed E-state index contributed by atoms with van der Waals surface area (Å²) in [4.78, 5) is 36.5. The first kappa shape index (κ1) is 35.0. The van der Waals surface area contributed by atoms with Crippen molar-refractivity contribution < 1.29 is 31.2 Å². The molecule has 4 rings (SSSR count). The summed E-state index contributed by atoms with van der Waals surface area (Å²) < 4.78 is 54.5. The maximum absolute atomic E-state index is 12.6. The molecule has 252 valence electrons. The van der Waals surface area contributed by atoms with Crippen LogP contribution in [0.2, 0.25) is 0 Å². The van der Waals surface area contributed by atoms with E-state index >= 15 is 0 Å². The first-order chi connectivity index (χ1) is 22.0. The quantitative estimate of drug-likeness (QED) is 0.198. The average molecular weight is 677 g/mol. The van der Waals surface area contributed by atoms with Crippen molar-refractivity contribution in [2.45, 2.75) is 98.9 Å². The van der Waals surface area contributed by atoms with Crippen LogP contribution < -0.4 is 30.7 Å². The van der Waals surface area contributed by atoms with Gasteiger partial charge in [-0.1, -0.05) is 62.8 Å². The normalized spacial score (nSPS) is 16.2. The van der Waals surface area contributed by atoms with Gasteiger partial charge >= 0.3 is 18.1 Å². The lowest BCUT2D eigenvalue weighted by molar-refractivity contribution is 0.236. The Labute approximate surface area is 271 Å². The summed E-state index contributed by atoms with van der Waals surface area (Å²) in [6.45, 7) is 0.627. The Morgan fingerprint density at radius 1 is 0.522 bits per heavy atom. The Bertz CT molecular complexity index is 1420. The number of hydrogen-bond donors (Lipinski definition) is 6. The molecule has 0 aromatic heterocycles. The largest absolute Gasteiger partial charge is 0.338 e. The van der Waals surface area contributed by atoms with E-state index in [4.69, 9.17) is 0 Å². The van der Waals surface area contributed by atoms with Crippen LogP contribution >= 0.6 is 0 Å². The van der Waals surface area contributed by atoms with E-state index in [1.807, 2.05) is 0 Å². The number of nitrogens with one attached hydrogen (secondary N) is 6. The van der Waals surface area contributed by atoms with Gasteiger partial charge in [-0.2, -0.15) is 0 Å². The fraction of sp³-hybridized carbons (Fsp3) is 0.516. The van der Waals surface area contributed by atoms with Crippen LogP contribution in [0.1, 0.15) is 75.3 Å². The molecule has 6 amide bonds. The summed E-state index contributed by atoms with van der Waals surface area (Å²) in [7, 11) is -8.01. The number of rotatable bonds is 12. The molecule has 0 spiro atoms. The van der Waals surface area contributed by atoms with E-state index < -0.39 is 32.1 Å². The van der Waals surface area contributed by atoms with Gasteiger partial charge in [-0.3, -0.25) is 0 Å². The molecule has 13 nitrogen and oxygen atoms in total. The Kier molecular flexibility index (Phi) is 12.7. The van der Waals surface area contributed by atoms with Crippen LogP contribution in [0, 0.1) is 0 Å². The van der Waals surface area contributed by atoms with Crippen molar-refractivity contribution in [1.29, 1.82) is 0 Å². The molecular weight excluding hydrogens is 633 g/mol. The summed E-state index contributed by atoms with van der Waals surface area (Å²) in [6.07, 6.45) is 10.6. The third-order valence-electron chi connectivity index (χ3n) is 8.20. The molecule has 2 aliphatic rings. The van der Waals surface area contributed by atoms with Gasteiger partial charge in [0.05, 0.1) is 9.79 Å². The van der Waals surface area contributed by atoms with Gasteiger partial charge in [-0.05, 0) is 73.9 Å². The number of amides is 6. The SMILES string of the molecule is O=C(NCCc1ccc(S(=O)(=O)NC(=O)NC2CCCCC2)cc1)NCCc1ccc(S(=O)(=O)NC(=O)NC2CCCCC2)cc1. The topological polar surface area (TPSA) is 192 Å². The van der Waals surface area contributed by atoms with Gasteiger partial charge in [0.15, 0.2) is 0 Å². The lowest BCUT2D eigenvalue weighted by Gasteiger charge is -2.22. The molecule has 0 radical (unpaired) electrons. The number of carbonyl (C=O) groups is 3. The molecule has 0 bridgehead atoms. The third-order valence-corrected chi connectivity index (χ3v) is 10.9. The van der Waals surface area contributed by atoms with Crippen LogP contribution in [0.3, 0.4) is 0 Å². The van der Waals surface area contributed by atoms with Crippen molar-refractivity contribution in [3.63, 3.8) is 0 Å². The van der Waals surface area contributed by atoms with Crippen molar-refractivity contribution in [2.75, 3.05) is 13.1 Å². The third kappa shape index (κ3) is 11.2. The van der Waals surface area contributed by atoms with Crippen LogP contribution in [0.15, 0.2) is 58.3 Å². The van der Waals surface area contributed by atoms with E-state index in [1.54, 1.807) is 24.3 Å². The second-order valence-corrected chi connectivity index (χ2v) is 15.2. The minimum Gasteiger partial charge on any atom is -0.338 e. The lowest BCUT2D eigenvalue weighted by atomic mass is 9.96. The summed E-state index contributed by atoms with van der Waals surface area (Å²) in [5.41, 5.74) is 1.61. The lowest BCUT2D eigenvalue weighted by Crippen LogP contribution is -2.45. The van der Waals surface area contributed by atoms with Crippen molar-refractivity contribution >= 4 is 38.1 Å². The number of urea groups is 3. The van der Waals surface area contributed by atoms with Crippen molar-refractivity contribution in [1.82, 2.24) is 30.7 Å². The second-order valence-electron chi connectivity index (χ2n) is 11.8. The molecule has 0 saturated heterocycles. The van der Waals surface area contributed by atoms with Crippen LogP contribution in [0.4, 0.5) is 14.4 Å². The maximum atomic E-state index is 12.6. The van der Waals surface area contributed by atoms with E-state index in [0.29, 0.717) is 25.9 Å². The number of hydrogen-bond acceptors (Lipinski definition) is 7. The monoisotopic (exact) mass is 676 g/mol. The van der Waals surface area contributed by atoms with Crippen LogP contribution in [0.25, 0.3) is 0 Å².